The van der Waals surface area contributed by atoms with E-state index in [1.54, 1.807) is 0 Å². The van der Waals surface area contributed by atoms with Gasteiger partial charge in [-0.1, -0.05) is 140 Å². The molecule has 0 aliphatic rings. The summed E-state index contributed by atoms with van der Waals surface area (Å²) in [4.78, 5) is 15.4. The number of hydrogen-bond acceptors (Lipinski definition) is 5. The maximum atomic E-state index is 6.62. The molecule has 260 valence electrons. The third-order valence-corrected chi connectivity index (χ3v) is 11.1. The summed E-state index contributed by atoms with van der Waals surface area (Å²) in [6.45, 7) is 0. The second-order valence-corrected chi connectivity index (χ2v) is 14.3. The number of aromatic nitrogens is 3. The lowest BCUT2D eigenvalue weighted by Gasteiger charge is -2.13. The zero-order valence-electron chi connectivity index (χ0n) is 29.9. The first-order valence-corrected chi connectivity index (χ1v) is 18.8. The predicted octanol–water partition coefficient (Wildman–Crippen LogP) is 13.8. The minimum atomic E-state index is 0.565. The molecule has 9 aromatic carbocycles. The van der Waals surface area contributed by atoms with E-state index in [9.17, 15) is 0 Å². The molecule has 5 heteroatoms. The lowest BCUT2D eigenvalue weighted by Crippen LogP contribution is -2.00. The fourth-order valence-corrected chi connectivity index (χ4v) is 8.58. The molecule has 0 saturated carbocycles. The van der Waals surface area contributed by atoms with Crippen LogP contribution in [0.25, 0.3) is 121 Å². The Hall–Kier alpha value is -7.63. The maximum Gasteiger partial charge on any atom is 0.164 e. The summed E-state index contributed by atoms with van der Waals surface area (Å²) in [6, 6.07) is 61.0. The van der Waals surface area contributed by atoms with Gasteiger partial charge >= 0.3 is 0 Å². The van der Waals surface area contributed by atoms with Crippen LogP contribution in [0.3, 0.4) is 0 Å². The molecule has 5 nitrogen and oxygen atoms in total. The summed E-state index contributed by atoms with van der Waals surface area (Å²) in [5.41, 5.74) is 8.04. The summed E-state index contributed by atoms with van der Waals surface area (Å²) in [5.74, 6) is 1.72. The Labute approximate surface area is 320 Å². The molecule has 0 aliphatic heterocycles. The SMILES string of the molecule is c1ccc(-c2nc(-c3ccc4c(c3)oc3ccccc34)nc(-c3cccc4oc5cccc(-c6ccc7c8ccccc8c8ccccc8c7c6)c5c34)n2)cc1. The van der Waals surface area contributed by atoms with Gasteiger partial charge in [-0.25, -0.2) is 15.0 Å². The van der Waals surface area contributed by atoms with Crippen molar-refractivity contribution in [3.8, 4) is 45.3 Å². The zero-order chi connectivity index (χ0) is 36.7. The van der Waals surface area contributed by atoms with Gasteiger partial charge in [-0.3, -0.25) is 0 Å². The molecule has 3 aromatic heterocycles. The monoisotopic (exact) mass is 715 g/mol. The quantitative estimate of drug-likeness (QED) is 0.170. The van der Waals surface area contributed by atoms with Gasteiger partial charge < -0.3 is 8.83 Å². The molecule has 0 bridgehead atoms. The molecule has 56 heavy (non-hydrogen) atoms. The van der Waals surface area contributed by atoms with Crippen molar-refractivity contribution in [1.82, 2.24) is 15.0 Å². The minimum Gasteiger partial charge on any atom is -0.456 e. The average Bonchev–Trinajstić information content (AvgIpc) is 3.85. The molecular formula is C51H29N3O2. The molecule has 0 spiro atoms. The van der Waals surface area contributed by atoms with Gasteiger partial charge in [-0.05, 0) is 79.8 Å². The number of rotatable bonds is 4. The van der Waals surface area contributed by atoms with Crippen LogP contribution in [-0.4, -0.2) is 15.0 Å². The van der Waals surface area contributed by atoms with Crippen molar-refractivity contribution in [3.63, 3.8) is 0 Å². The van der Waals surface area contributed by atoms with Crippen LogP contribution in [0.1, 0.15) is 0 Å². The van der Waals surface area contributed by atoms with Crippen LogP contribution in [0.15, 0.2) is 185 Å². The van der Waals surface area contributed by atoms with Crippen LogP contribution in [0, 0.1) is 0 Å². The second kappa shape index (κ2) is 11.9. The van der Waals surface area contributed by atoms with Gasteiger partial charge in [0.1, 0.15) is 22.3 Å². The minimum absolute atomic E-state index is 0.565. The van der Waals surface area contributed by atoms with Crippen molar-refractivity contribution in [2.45, 2.75) is 0 Å². The van der Waals surface area contributed by atoms with Crippen molar-refractivity contribution in [3.05, 3.63) is 176 Å². The zero-order valence-corrected chi connectivity index (χ0v) is 29.9. The normalized spacial score (nSPS) is 11.9. The summed E-state index contributed by atoms with van der Waals surface area (Å²) < 4.78 is 12.9. The van der Waals surface area contributed by atoms with Gasteiger partial charge in [-0.15, -0.1) is 0 Å². The topological polar surface area (TPSA) is 65.0 Å². The summed E-state index contributed by atoms with van der Waals surface area (Å²) in [6.07, 6.45) is 0. The van der Waals surface area contributed by atoms with Gasteiger partial charge in [0.2, 0.25) is 0 Å². The highest BCUT2D eigenvalue weighted by Gasteiger charge is 2.21. The fourth-order valence-electron chi connectivity index (χ4n) is 8.58. The van der Waals surface area contributed by atoms with E-state index in [1.165, 1.54) is 32.3 Å². The number of para-hydroxylation sites is 1. The Kier molecular flexibility index (Phi) is 6.56. The van der Waals surface area contributed by atoms with E-state index >= 15 is 0 Å². The van der Waals surface area contributed by atoms with Crippen LogP contribution in [0.2, 0.25) is 0 Å². The maximum absolute atomic E-state index is 6.62. The third-order valence-electron chi connectivity index (χ3n) is 11.1. The van der Waals surface area contributed by atoms with Crippen LogP contribution in [0.4, 0.5) is 0 Å². The van der Waals surface area contributed by atoms with E-state index in [2.05, 4.69) is 103 Å². The Morgan fingerprint density at radius 3 is 1.48 bits per heavy atom. The van der Waals surface area contributed by atoms with Gasteiger partial charge in [0.05, 0.1) is 0 Å². The van der Waals surface area contributed by atoms with Gasteiger partial charge in [0, 0.05) is 38.2 Å². The number of furan rings is 2. The van der Waals surface area contributed by atoms with E-state index in [-0.39, 0.29) is 0 Å². The van der Waals surface area contributed by atoms with Gasteiger partial charge in [-0.2, -0.15) is 0 Å². The first kappa shape index (κ1) is 30.8. The molecule has 0 unspecified atom stereocenters. The Bertz CT molecular complexity index is 3510. The van der Waals surface area contributed by atoms with E-state index < -0.39 is 0 Å². The smallest absolute Gasteiger partial charge is 0.164 e. The van der Waals surface area contributed by atoms with Crippen LogP contribution >= 0.6 is 0 Å². The van der Waals surface area contributed by atoms with E-state index in [0.717, 1.165) is 71.7 Å². The molecule has 12 rings (SSSR count). The highest BCUT2D eigenvalue weighted by Crippen LogP contribution is 2.43. The molecule has 12 aromatic rings. The molecule has 3 heterocycles. The Morgan fingerprint density at radius 1 is 0.268 bits per heavy atom. The molecule has 0 N–H and O–H groups in total. The average molecular weight is 716 g/mol. The molecule has 0 aliphatic carbocycles. The molecule has 0 atom stereocenters. The third kappa shape index (κ3) is 4.64. The number of benzene rings is 9. The molecule has 0 saturated heterocycles. The van der Waals surface area contributed by atoms with Gasteiger partial charge in [0.25, 0.3) is 0 Å². The molecule has 0 radical (unpaired) electrons. The number of fused-ring (bicyclic) bond motifs is 12. The van der Waals surface area contributed by atoms with E-state index in [0.29, 0.717) is 17.5 Å². The molecular weight excluding hydrogens is 687 g/mol. The number of hydrogen-bond donors (Lipinski definition) is 0. The van der Waals surface area contributed by atoms with Crippen molar-refractivity contribution in [2.24, 2.45) is 0 Å². The highest BCUT2D eigenvalue weighted by molar-refractivity contribution is 6.26. The summed E-state index contributed by atoms with van der Waals surface area (Å²) in [7, 11) is 0. The largest absolute Gasteiger partial charge is 0.456 e. The molecule has 0 amide bonds. The fraction of sp³-hybridized carbons (Fsp3) is 0. The first-order valence-electron chi connectivity index (χ1n) is 18.8. The highest BCUT2D eigenvalue weighted by atomic mass is 16.3. The summed E-state index contributed by atoms with van der Waals surface area (Å²) >= 11 is 0. The lowest BCUT2D eigenvalue weighted by molar-refractivity contribution is 0.668. The number of nitrogens with zero attached hydrogens (tertiary/aromatic N) is 3. The van der Waals surface area contributed by atoms with Crippen LogP contribution < -0.4 is 0 Å². The van der Waals surface area contributed by atoms with Crippen molar-refractivity contribution in [2.75, 3.05) is 0 Å². The van der Waals surface area contributed by atoms with Crippen LogP contribution in [-0.2, 0) is 0 Å². The standard InChI is InChI=1S/C51H29N3O2/c1-2-12-30(13-3-1)49-52-50(32-25-27-40-39-18-8-9-21-43(39)55-46(40)29-32)54-51(53-49)41-20-11-23-45-48(41)47-33(19-10-22-44(47)56-45)31-24-26-38-36-16-5-4-14-34(36)35-15-6-7-17-37(35)42(38)28-31/h1-29H. The van der Waals surface area contributed by atoms with E-state index in [1.807, 2.05) is 72.8 Å². The van der Waals surface area contributed by atoms with Gasteiger partial charge in [0.15, 0.2) is 17.5 Å². The van der Waals surface area contributed by atoms with E-state index in [4.69, 9.17) is 23.8 Å². The van der Waals surface area contributed by atoms with Crippen LogP contribution in [0.5, 0.6) is 0 Å². The molecule has 0 fully saturated rings. The Morgan fingerprint density at radius 2 is 0.750 bits per heavy atom. The summed E-state index contributed by atoms with van der Waals surface area (Å²) in [5, 5.41) is 11.6. The lowest BCUT2D eigenvalue weighted by atomic mass is 9.91. The van der Waals surface area contributed by atoms with Crippen molar-refractivity contribution < 1.29 is 8.83 Å². The van der Waals surface area contributed by atoms with Crippen molar-refractivity contribution in [1.29, 1.82) is 0 Å². The Balaban J connectivity index is 1.10. The second-order valence-electron chi connectivity index (χ2n) is 14.3. The van der Waals surface area contributed by atoms with Crippen molar-refractivity contribution >= 4 is 76.2 Å². The predicted molar refractivity (Wildman–Crippen MR) is 229 cm³/mol. The first-order chi connectivity index (χ1) is 27.7.